The van der Waals surface area contributed by atoms with E-state index in [1.165, 1.54) is 6.07 Å². The predicted octanol–water partition coefficient (Wildman–Crippen LogP) is 2.04. The Hall–Kier alpha value is -1.62. The highest BCUT2D eigenvalue weighted by atomic mass is 19.1. The SMILES string of the molecule is O=C(O)c1cc(F)c(O)c([C@H]2CCCCN2)c1. The molecule has 0 amide bonds. The van der Waals surface area contributed by atoms with Gasteiger partial charge in [0, 0.05) is 11.6 Å². The average molecular weight is 239 g/mol. The number of nitrogens with one attached hydrogen (secondary N) is 1. The van der Waals surface area contributed by atoms with Crippen molar-refractivity contribution >= 4 is 5.97 Å². The highest BCUT2D eigenvalue weighted by Gasteiger charge is 2.22. The Morgan fingerprint density at radius 2 is 2.18 bits per heavy atom. The Morgan fingerprint density at radius 3 is 2.76 bits per heavy atom. The number of carboxylic acids is 1. The number of phenolic OH excluding ortho intramolecular Hbond substituents is 1. The zero-order chi connectivity index (χ0) is 12.4. The molecule has 2 rings (SSSR count). The molecule has 0 radical (unpaired) electrons. The van der Waals surface area contributed by atoms with E-state index in [0.29, 0.717) is 5.56 Å². The smallest absolute Gasteiger partial charge is 0.335 e. The Kier molecular flexibility index (Phi) is 3.28. The Morgan fingerprint density at radius 1 is 1.41 bits per heavy atom. The standard InChI is InChI=1S/C12H14FNO3/c13-9-6-7(12(16)17)5-8(11(9)15)10-3-1-2-4-14-10/h5-6,10,14-15H,1-4H2,(H,16,17)/t10-/m1/s1. The van der Waals surface area contributed by atoms with Gasteiger partial charge in [-0.25, -0.2) is 9.18 Å². The lowest BCUT2D eigenvalue weighted by atomic mass is 9.95. The normalized spacial score (nSPS) is 20.2. The molecule has 0 aliphatic carbocycles. The van der Waals surface area contributed by atoms with Crippen LogP contribution < -0.4 is 5.32 Å². The minimum absolute atomic E-state index is 0.136. The van der Waals surface area contributed by atoms with Gasteiger partial charge in [-0.3, -0.25) is 0 Å². The number of phenols is 1. The van der Waals surface area contributed by atoms with Crippen molar-refractivity contribution in [3.8, 4) is 5.75 Å². The van der Waals surface area contributed by atoms with E-state index in [9.17, 15) is 14.3 Å². The fourth-order valence-electron chi connectivity index (χ4n) is 2.13. The van der Waals surface area contributed by atoms with Crippen LogP contribution in [0.3, 0.4) is 0 Å². The molecule has 92 valence electrons. The van der Waals surface area contributed by atoms with E-state index in [1.54, 1.807) is 0 Å². The molecule has 0 saturated carbocycles. The first kappa shape index (κ1) is 11.9. The van der Waals surface area contributed by atoms with Crippen LogP contribution in [0.25, 0.3) is 0 Å². The highest BCUT2D eigenvalue weighted by Crippen LogP contribution is 2.32. The second kappa shape index (κ2) is 4.71. The fraction of sp³-hybridized carbons (Fsp3) is 0.417. The molecule has 1 aliphatic rings. The zero-order valence-electron chi connectivity index (χ0n) is 9.24. The van der Waals surface area contributed by atoms with Gasteiger partial charge in [-0.2, -0.15) is 0 Å². The van der Waals surface area contributed by atoms with Crippen molar-refractivity contribution in [1.82, 2.24) is 5.32 Å². The van der Waals surface area contributed by atoms with Gasteiger partial charge in [-0.15, -0.1) is 0 Å². The van der Waals surface area contributed by atoms with Crippen LogP contribution >= 0.6 is 0 Å². The number of carboxylic acid groups (broad SMARTS) is 1. The first-order valence-electron chi connectivity index (χ1n) is 5.58. The molecular weight excluding hydrogens is 225 g/mol. The lowest BCUT2D eigenvalue weighted by Gasteiger charge is -2.24. The summed E-state index contributed by atoms with van der Waals surface area (Å²) in [5, 5.41) is 21.7. The molecule has 1 saturated heterocycles. The highest BCUT2D eigenvalue weighted by molar-refractivity contribution is 5.88. The molecule has 1 aromatic rings. The monoisotopic (exact) mass is 239 g/mol. The van der Waals surface area contributed by atoms with Crippen LogP contribution in [0.4, 0.5) is 4.39 Å². The number of rotatable bonds is 2. The summed E-state index contributed by atoms with van der Waals surface area (Å²) in [5.74, 6) is -2.53. The van der Waals surface area contributed by atoms with Crippen LogP contribution in [0.1, 0.15) is 41.2 Å². The van der Waals surface area contributed by atoms with Crippen LogP contribution in [-0.2, 0) is 0 Å². The van der Waals surface area contributed by atoms with E-state index in [-0.39, 0.29) is 11.6 Å². The summed E-state index contributed by atoms with van der Waals surface area (Å²) in [4.78, 5) is 10.8. The average Bonchev–Trinajstić information content (AvgIpc) is 2.33. The number of aromatic hydroxyl groups is 1. The summed E-state index contributed by atoms with van der Waals surface area (Å²) in [5.41, 5.74) is 0.199. The van der Waals surface area contributed by atoms with Crippen LogP contribution in [-0.4, -0.2) is 22.7 Å². The van der Waals surface area contributed by atoms with Gasteiger partial charge in [0.1, 0.15) is 0 Å². The molecule has 1 aliphatic heterocycles. The topological polar surface area (TPSA) is 69.6 Å². The molecule has 1 atom stereocenters. The molecule has 1 fully saturated rings. The maximum absolute atomic E-state index is 13.4. The van der Waals surface area contributed by atoms with Crippen molar-refractivity contribution in [2.24, 2.45) is 0 Å². The van der Waals surface area contributed by atoms with E-state index < -0.39 is 17.5 Å². The number of piperidine rings is 1. The summed E-state index contributed by atoms with van der Waals surface area (Å²) in [6.45, 7) is 0.795. The summed E-state index contributed by atoms with van der Waals surface area (Å²) in [6.07, 6.45) is 2.80. The van der Waals surface area contributed by atoms with Gasteiger partial charge in [0.25, 0.3) is 0 Å². The molecule has 0 spiro atoms. The van der Waals surface area contributed by atoms with Gasteiger partial charge >= 0.3 is 5.97 Å². The summed E-state index contributed by atoms with van der Waals surface area (Å²) in [7, 11) is 0. The van der Waals surface area contributed by atoms with Gasteiger partial charge in [-0.05, 0) is 31.5 Å². The fourth-order valence-corrected chi connectivity index (χ4v) is 2.13. The minimum atomic E-state index is -1.19. The molecule has 4 nitrogen and oxygen atoms in total. The van der Waals surface area contributed by atoms with Crippen molar-refractivity contribution in [1.29, 1.82) is 0 Å². The maximum atomic E-state index is 13.4. The van der Waals surface area contributed by atoms with Crippen LogP contribution in [0.2, 0.25) is 0 Å². The number of aromatic carboxylic acids is 1. The molecule has 3 N–H and O–H groups in total. The first-order valence-corrected chi connectivity index (χ1v) is 5.58. The van der Waals surface area contributed by atoms with E-state index in [1.807, 2.05) is 0 Å². The molecule has 0 unspecified atom stereocenters. The van der Waals surface area contributed by atoms with Crippen molar-refractivity contribution in [3.05, 3.63) is 29.1 Å². The van der Waals surface area contributed by atoms with Gasteiger partial charge in [0.2, 0.25) is 0 Å². The number of hydrogen-bond acceptors (Lipinski definition) is 3. The summed E-state index contributed by atoms with van der Waals surface area (Å²) < 4.78 is 13.4. The van der Waals surface area contributed by atoms with Crippen LogP contribution in [0.5, 0.6) is 5.75 Å². The largest absolute Gasteiger partial charge is 0.505 e. The third-order valence-corrected chi connectivity index (χ3v) is 3.03. The second-order valence-corrected chi connectivity index (χ2v) is 4.20. The predicted molar refractivity (Wildman–Crippen MR) is 59.6 cm³/mol. The molecule has 1 heterocycles. The minimum Gasteiger partial charge on any atom is -0.505 e. The third-order valence-electron chi connectivity index (χ3n) is 3.03. The van der Waals surface area contributed by atoms with Crippen LogP contribution in [0, 0.1) is 5.82 Å². The van der Waals surface area contributed by atoms with Gasteiger partial charge in [0.05, 0.1) is 5.56 Å². The van der Waals surface area contributed by atoms with Crippen molar-refractivity contribution < 1.29 is 19.4 Å². The quantitative estimate of drug-likeness (QED) is 0.738. The number of halogens is 1. The Labute approximate surface area is 98.1 Å². The third kappa shape index (κ3) is 2.39. The van der Waals surface area contributed by atoms with E-state index in [2.05, 4.69) is 5.32 Å². The Bertz CT molecular complexity index is 442. The van der Waals surface area contributed by atoms with Gasteiger partial charge < -0.3 is 15.5 Å². The van der Waals surface area contributed by atoms with Gasteiger partial charge in [-0.1, -0.05) is 6.42 Å². The lowest BCUT2D eigenvalue weighted by molar-refractivity contribution is 0.0696. The van der Waals surface area contributed by atoms with Crippen molar-refractivity contribution in [2.45, 2.75) is 25.3 Å². The number of benzene rings is 1. The molecule has 0 aromatic heterocycles. The summed E-state index contributed by atoms with van der Waals surface area (Å²) >= 11 is 0. The van der Waals surface area contributed by atoms with E-state index >= 15 is 0 Å². The van der Waals surface area contributed by atoms with Gasteiger partial charge in [0.15, 0.2) is 11.6 Å². The van der Waals surface area contributed by atoms with Crippen molar-refractivity contribution in [2.75, 3.05) is 6.54 Å². The molecule has 17 heavy (non-hydrogen) atoms. The van der Waals surface area contributed by atoms with Crippen molar-refractivity contribution in [3.63, 3.8) is 0 Å². The lowest BCUT2D eigenvalue weighted by Crippen LogP contribution is -2.27. The number of hydrogen-bond donors (Lipinski definition) is 3. The molecule has 5 heteroatoms. The number of carbonyl (C=O) groups is 1. The molecular formula is C12H14FNO3. The van der Waals surface area contributed by atoms with E-state index in [0.717, 1.165) is 31.9 Å². The molecule has 0 bridgehead atoms. The molecule has 1 aromatic carbocycles. The maximum Gasteiger partial charge on any atom is 0.335 e. The second-order valence-electron chi connectivity index (χ2n) is 4.20. The Balaban J connectivity index is 2.40. The first-order chi connectivity index (χ1) is 8.09. The zero-order valence-corrected chi connectivity index (χ0v) is 9.24. The summed E-state index contributed by atoms with van der Waals surface area (Å²) in [6, 6.07) is 2.01. The van der Waals surface area contributed by atoms with E-state index in [4.69, 9.17) is 5.11 Å². The van der Waals surface area contributed by atoms with Crippen LogP contribution in [0.15, 0.2) is 12.1 Å².